The number of hydrogen-bond acceptors (Lipinski definition) is 4. The van der Waals surface area contributed by atoms with Crippen molar-refractivity contribution in [2.75, 3.05) is 6.61 Å². The molecule has 0 spiro atoms. The van der Waals surface area contributed by atoms with Gasteiger partial charge in [0, 0.05) is 11.5 Å². The monoisotopic (exact) mass is 251 g/mol. The molecule has 1 amide bonds. The SMILES string of the molecule is C=CC1=C(/C=C\C)[C@H](C[C@H](NC=O)B(O)O)CO1. The molecule has 0 aromatic carbocycles. The molecular weight excluding hydrogens is 233 g/mol. The van der Waals surface area contributed by atoms with Gasteiger partial charge < -0.3 is 20.1 Å². The number of carbonyl (C=O) groups is 1. The Bertz CT molecular complexity index is 365. The van der Waals surface area contributed by atoms with Gasteiger partial charge in [0.2, 0.25) is 6.41 Å². The number of carbonyl (C=O) groups excluding carboxylic acids is 1. The average molecular weight is 251 g/mol. The minimum absolute atomic E-state index is 0.00782. The summed E-state index contributed by atoms with van der Waals surface area (Å²) < 4.78 is 5.47. The summed E-state index contributed by atoms with van der Waals surface area (Å²) in [5.41, 5.74) is 0.964. The summed E-state index contributed by atoms with van der Waals surface area (Å²) in [5, 5.41) is 20.8. The largest absolute Gasteiger partial charge is 0.493 e. The Hall–Kier alpha value is -1.53. The highest BCUT2D eigenvalue weighted by molar-refractivity contribution is 6.43. The summed E-state index contributed by atoms with van der Waals surface area (Å²) in [5.74, 6) is 0.00403. The van der Waals surface area contributed by atoms with Crippen LogP contribution in [0, 0.1) is 5.92 Å². The zero-order valence-corrected chi connectivity index (χ0v) is 10.4. The third-order valence-corrected chi connectivity index (χ3v) is 2.88. The van der Waals surface area contributed by atoms with E-state index in [0.717, 1.165) is 5.57 Å². The van der Waals surface area contributed by atoms with Crippen LogP contribution in [0.15, 0.2) is 36.1 Å². The molecule has 0 saturated heterocycles. The van der Waals surface area contributed by atoms with E-state index in [1.165, 1.54) is 0 Å². The molecule has 0 aromatic rings. The standard InChI is InChI=1S/C12H18BNO4/c1-3-5-10-9(7-18-11(10)4-2)6-12(13(16)17)14-8-15/h3-5,8-9,12,16-17H,2,6-7H2,1H3,(H,14,15)/b5-3-/t9-,12+/m1/s1. The van der Waals surface area contributed by atoms with Gasteiger partial charge in [0.05, 0.1) is 12.5 Å². The lowest BCUT2D eigenvalue weighted by Crippen LogP contribution is -2.44. The molecule has 5 nitrogen and oxygen atoms in total. The van der Waals surface area contributed by atoms with Crippen molar-refractivity contribution < 1.29 is 19.6 Å². The van der Waals surface area contributed by atoms with E-state index in [1.807, 2.05) is 19.1 Å². The molecule has 6 heteroatoms. The highest BCUT2D eigenvalue weighted by Crippen LogP contribution is 2.30. The summed E-state index contributed by atoms with van der Waals surface area (Å²) in [6.45, 7) is 6.02. The predicted octanol–water partition coefficient (Wildman–Crippen LogP) is 0.166. The molecule has 0 aromatic heterocycles. The summed E-state index contributed by atoms with van der Waals surface area (Å²) in [6, 6.07) is 0. The van der Waals surface area contributed by atoms with Gasteiger partial charge in [-0.05, 0) is 19.4 Å². The van der Waals surface area contributed by atoms with Crippen molar-refractivity contribution in [2.24, 2.45) is 5.92 Å². The van der Waals surface area contributed by atoms with Crippen LogP contribution in [0.4, 0.5) is 0 Å². The molecule has 0 aliphatic carbocycles. The smallest absolute Gasteiger partial charge is 0.475 e. The number of allylic oxidation sites excluding steroid dienone is 3. The van der Waals surface area contributed by atoms with E-state index in [1.54, 1.807) is 6.08 Å². The van der Waals surface area contributed by atoms with Gasteiger partial charge in [-0.15, -0.1) is 0 Å². The molecule has 98 valence electrons. The van der Waals surface area contributed by atoms with Crippen molar-refractivity contribution in [3.63, 3.8) is 0 Å². The van der Waals surface area contributed by atoms with Gasteiger partial charge >= 0.3 is 7.12 Å². The van der Waals surface area contributed by atoms with Crippen LogP contribution >= 0.6 is 0 Å². The van der Waals surface area contributed by atoms with Gasteiger partial charge in [0.15, 0.2) is 0 Å². The van der Waals surface area contributed by atoms with Gasteiger partial charge in [-0.1, -0.05) is 18.7 Å². The lowest BCUT2D eigenvalue weighted by atomic mass is 9.73. The average Bonchev–Trinajstić information content (AvgIpc) is 2.71. The molecule has 1 heterocycles. The second-order valence-electron chi connectivity index (χ2n) is 4.07. The summed E-state index contributed by atoms with van der Waals surface area (Å²) >= 11 is 0. The Labute approximate surface area is 107 Å². The van der Waals surface area contributed by atoms with Crippen molar-refractivity contribution in [3.8, 4) is 0 Å². The Morgan fingerprint density at radius 1 is 1.67 bits per heavy atom. The first-order chi connectivity index (χ1) is 8.63. The second-order valence-corrected chi connectivity index (χ2v) is 4.07. The number of amides is 1. The minimum Gasteiger partial charge on any atom is -0.493 e. The van der Waals surface area contributed by atoms with Gasteiger partial charge in [0.1, 0.15) is 5.76 Å². The van der Waals surface area contributed by atoms with Crippen molar-refractivity contribution in [1.29, 1.82) is 0 Å². The van der Waals surface area contributed by atoms with Gasteiger partial charge in [-0.3, -0.25) is 4.79 Å². The molecule has 18 heavy (non-hydrogen) atoms. The topological polar surface area (TPSA) is 78.8 Å². The van der Waals surface area contributed by atoms with Crippen LogP contribution in [0.5, 0.6) is 0 Å². The molecule has 2 atom stereocenters. The predicted molar refractivity (Wildman–Crippen MR) is 69.3 cm³/mol. The van der Waals surface area contributed by atoms with Crippen molar-refractivity contribution >= 4 is 13.5 Å². The fourth-order valence-electron chi connectivity index (χ4n) is 2.00. The van der Waals surface area contributed by atoms with Gasteiger partial charge in [-0.2, -0.15) is 0 Å². The number of ether oxygens (including phenoxy) is 1. The van der Waals surface area contributed by atoms with Crippen LogP contribution in [0.1, 0.15) is 13.3 Å². The van der Waals surface area contributed by atoms with E-state index in [0.29, 0.717) is 25.2 Å². The zero-order valence-electron chi connectivity index (χ0n) is 10.4. The van der Waals surface area contributed by atoms with E-state index in [2.05, 4.69) is 11.9 Å². The maximum absolute atomic E-state index is 10.4. The summed E-state index contributed by atoms with van der Waals surface area (Å²) in [4.78, 5) is 10.4. The Morgan fingerprint density at radius 3 is 2.89 bits per heavy atom. The quantitative estimate of drug-likeness (QED) is 0.445. The fraction of sp³-hybridized carbons (Fsp3) is 0.417. The van der Waals surface area contributed by atoms with Crippen LogP contribution in [-0.4, -0.2) is 36.1 Å². The number of nitrogens with one attached hydrogen (secondary N) is 1. The fourth-order valence-corrected chi connectivity index (χ4v) is 2.00. The molecular formula is C12H18BNO4. The third-order valence-electron chi connectivity index (χ3n) is 2.88. The minimum atomic E-state index is -1.59. The van der Waals surface area contributed by atoms with Crippen LogP contribution in [-0.2, 0) is 9.53 Å². The summed E-state index contributed by atoms with van der Waals surface area (Å²) in [7, 11) is -1.59. The Balaban J connectivity index is 2.80. The van der Waals surface area contributed by atoms with E-state index < -0.39 is 13.1 Å². The summed E-state index contributed by atoms with van der Waals surface area (Å²) in [6.07, 6.45) is 6.29. The second kappa shape index (κ2) is 7.03. The maximum atomic E-state index is 10.4. The molecule has 0 saturated carbocycles. The highest BCUT2D eigenvalue weighted by Gasteiger charge is 2.31. The van der Waals surface area contributed by atoms with Crippen LogP contribution < -0.4 is 5.32 Å². The van der Waals surface area contributed by atoms with Crippen molar-refractivity contribution in [2.45, 2.75) is 19.3 Å². The lowest BCUT2D eigenvalue weighted by Gasteiger charge is -2.19. The molecule has 0 bridgehead atoms. The Morgan fingerprint density at radius 2 is 2.39 bits per heavy atom. The third kappa shape index (κ3) is 3.48. The first-order valence-corrected chi connectivity index (χ1v) is 5.82. The molecule has 1 aliphatic rings. The molecule has 3 N–H and O–H groups in total. The number of hydrogen-bond donors (Lipinski definition) is 3. The van der Waals surface area contributed by atoms with E-state index >= 15 is 0 Å². The number of rotatable bonds is 7. The molecule has 1 aliphatic heterocycles. The zero-order chi connectivity index (χ0) is 13.5. The molecule has 0 unspecified atom stereocenters. The van der Waals surface area contributed by atoms with Gasteiger partial charge in [0.25, 0.3) is 0 Å². The first-order valence-electron chi connectivity index (χ1n) is 5.82. The van der Waals surface area contributed by atoms with Crippen LogP contribution in [0.25, 0.3) is 0 Å². The molecule has 0 radical (unpaired) electrons. The lowest BCUT2D eigenvalue weighted by molar-refractivity contribution is -0.110. The van der Waals surface area contributed by atoms with E-state index in [4.69, 9.17) is 4.74 Å². The van der Waals surface area contributed by atoms with Gasteiger partial charge in [-0.25, -0.2) is 0 Å². The van der Waals surface area contributed by atoms with E-state index in [9.17, 15) is 14.8 Å². The molecule has 1 rings (SSSR count). The van der Waals surface area contributed by atoms with E-state index in [-0.39, 0.29) is 5.92 Å². The first kappa shape index (κ1) is 14.5. The normalized spacial score (nSPS) is 20.7. The Kier molecular flexibility index (Phi) is 5.68. The highest BCUT2D eigenvalue weighted by atomic mass is 16.5. The van der Waals surface area contributed by atoms with Crippen molar-refractivity contribution in [3.05, 3.63) is 36.1 Å². The van der Waals surface area contributed by atoms with Crippen LogP contribution in [0.2, 0.25) is 0 Å². The molecule has 0 fully saturated rings. The van der Waals surface area contributed by atoms with Crippen molar-refractivity contribution in [1.82, 2.24) is 5.32 Å². The van der Waals surface area contributed by atoms with Crippen LogP contribution in [0.3, 0.4) is 0 Å². The maximum Gasteiger partial charge on any atom is 0.475 e.